The van der Waals surface area contributed by atoms with Crippen LogP contribution in [0.4, 0.5) is 10.1 Å². The lowest BCUT2D eigenvalue weighted by Gasteiger charge is -2.21. The van der Waals surface area contributed by atoms with Crippen LogP contribution in [0.5, 0.6) is 0 Å². The molecule has 1 aromatic heterocycles. The van der Waals surface area contributed by atoms with Crippen LogP contribution in [0.25, 0.3) is 5.69 Å². The van der Waals surface area contributed by atoms with Crippen LogP contribution in [0.15, 0.2) is 59.4 Å². The minimum Gasteiger partial charge on any atom is -0.339 e. The molecule has 1 heterocycles. The third-order valence-corrected chi connectivity index (χ3v) is 4.86. The zero-order chi connectivity index (χ0) is 22.5. The second-order valence-corrected chi connectivity index (χ2v) is 7.01. The van der Waals surface area contributed by atoms with E-state index in [1.165, 1.54) is 29.8 Å². The number of rotatable bonds is 6. The van der Waals surface area contributed by atoms with Crippen molar-refractivity contribution in [2.45, 2.75) is 27.3 Å². The first kappa shape index (κ1) is 21.9. The van der Waals surface area contributed by atoms with Gasteiger partial charge in [0.25, 0.3) is 5.91 Å². The van der Waals surface area contributed by atoms with Crippen molar-refractivity contribution >= 4 is 17.5 Å². The topological polar surface area (TPSA) is 84.3 Å². The molecule has 3 aromatic rings. The molecule has 0 radical (unpaired) electrons. The van der Waals surface area contributed by atoms with Crippen LogP contribution >= 0.6 is 0 Å². The summed E-state index contributed by atoms with van der Waals surface area (Å²) in [6, 6.07) is 14.2. The predicted octanol–water partition coefficient (Wildman–Crippen LogP) is 3.30. The summed E-state index contributed by atoms with van der Waals surface area (Å²) in [6.45, 7) is 5.78. The fraction of sp³-hybridized carbons (Fsp3) is 0.217. The maximum absolute atomic E-state index is 14.2. The van der Waals surface area contributed by atoms with Crippen LogP contribution in [-0.2, 0) is 11.3 Å². The molecule has 0 aliphatic heterocycles. The smallest absolute Gasteiger partial charge is 0.280 e. The molecule has 0 fully saturated rings. The first-order valence-electron chi connectivity index (χ1n) is 9.82. The normalized spacial score (nSPS) is 10.6. The molecule has 0 atom stereocenters. The summed E-state index contributed by atoms with van der Waals surface area (Å²) in [6.07, 6.45) is 0. The highest BCUT2D eigenvalue weighted by atomic mass is 19.1. The highest BCUT2D eigenvalue weighted by Crippen LogP contribution is 2.18. The number of hydrogen-bond acceptors (Lipinski definition) is 4. The Balaban J connectivity index is 1.95. The summed E-state index contributed by atoms with van der Waals surface area (Å²) in [5.41, 5.74) is 0.781. The Hall–Kier alpha value is -3.81. The molecular formula is C23H23FN4O3. The number of nitrogens with one attached hydrogen (secondary N) is 1. The van der Waals surface area contributed by atoms with Crippen LogP contribution in [0.1, 0.15) is 35.6 Å². The van der Waals surface area contributed by atoms with Crippen LogP contribution in [0, 0.1) is 12.7 Å². The van der Waals surface area contributed by atoms with Crippen molar-refractivity contribution in [1.82, 2.24) is 14.7 Å². The van der Waals surface area contributed by atoms with E-state index in [2.05, 4.69) is 10.4 Å². The van der Waals surface area contributed by atoms with Gasteiger partial charge in [0, 0.05) is 37.5 Å². The third kappa shape index (κ3) is 4.85. The van der Waals surface area contributed by atoms with E-state index in [0.29, 0.717) is 24.5 Å². The first-order valence-corrected chi connectivity index (χ1v) is 9.82. The second-order valence-electron chi connectivity index (χ2n) is 7.01. The van der Waals surface area contributed by atoms with Gasteiger partial charge in [-0.3, -0.25) is 14.4 Å². The summed E-state index contributed by atoms with van der Waals surface area (Å²) in [7, 11) is 0. The van der Waals surface area contributed by atoms with Crippen LogP contribution < -0.4 is 10.7 Å². The van der Waals surface area contributed by atoms with Gasteiger partial charge in [0.2, 0.25) is 11.3 Å². The average molecular weight is 422 g/mol. The van der Waals surface area contributed by atoms with E-state index in [1.807, 2.05) is 6.92 Å². The molecule has 0 saturated heterocycles. The quantitative estimate of drug-likeness (QED) is 0.661. The van der Waals surface area contributed by atoms with E-state index < -0.39 is 17.2 Å². The Morgan fingerprint density at radius 3 is 2.48 bits per heavy atom. The van der Waals surface area contributed by atoms with Gasteiger partial charge in [-0.1, -0.05) is 30.3 Å². The molecule has 8 heteroatoms. The van der Waals surface area contributed by atoms with Crippen LogP contribution in [0.2, 0.25) is 0 Å². The zero-order valence-electron chi connectivity index (χ0n) is 17.6. The van der Waals surface area contributed by atoms with E-state index in [9.17, 15) is 18.8 Å². The van der Waals surface area contributed by atoms with Crippen molar-refractivity contribution in [2.75, 3.05) is 11.9 Å². The first-order chi connectivity index (χ1) is 14.8. The molecule has 31 heavy (non-hydrogen) atoms. The molecular weight excluding hydrogens is 399 g/mol. The molecule has 0 aliphatic rings. The summed E-state index contributed by atoms with van der Waals surface area (Å²) in [4.78, 5) is 38.7. The van der Waals surface area contributed by atoms with Crippen molar-refractivity contribution < 1.29 is 14.0 Å². The Kier molecular flexibility index (Phi) is 6.59. The molecule has 0 saturated carbocycles. The van der Waals surface area contributed by atoms with Crippen molar-refractivity contribution in [3.8, 4) is 5.69 Å². The van der Waals surface area contributed by atoms with Crippen molar-refractivity contribution in [1.29, 1.82) is 0 Å². The SMILES string of the molecule is CCN(Cc1ccccc1NC(=O)c1nn(-c2ccccc2F)c(C)cc1=O)C(C)=O. The summed E-state index contributed by atoms with van der Waals surface area (Å²) >= 11 is 0. The molecule has 160 valence electrons. The molecule has 7 nitrogen and oxygen atoms in total. The monoisotopic (exact) mass is 422 g/mol. The number of anilines is 1. The van der Waals surface area contributed by atoms with E-state index in [4.69, 9.17) is 0 Å². The fourth-order valence-corrected chi connectivity index (χ4v) is 3.19. The number of carbonyl (C=O) groups excluding carboxylic acids is 2. The van der Waals surface area contributed by atoms with E-state index in [0.717, 1.165) is 5.56 Å². The molecule has 0 bridgehead atoms. The lowest BCUT2D eigenvalue weighted by molar-refractivity contribution is -0.129. The zero-order valence-corrected chi connectivity index (χ0v) is 17.6. The summed E-state index contributed by atoms with van der Waals surface area (Å²) in [5, 5.41) is 6.82. The molecule has 3 rings (SSSR count). The maximum atomic E-state index is 14.2. The van der Waals surface area contributed by atoms with E-state index in [-0.39, 0.29) is 17.3 Å². The largest absolute Gasteiger partial charge is 0.339 e. The maximum Gasteiger partial charge on any atom is 0.280 e. The van der Waals surface area contributed by atoms with Gasteiger partial charge in [-0.2, -0.15) is 5.10 Å². The van der Waals surface area contributed by atoms with Gasteiger partial charge in [-0.25, -0.2) is 9.07 Å². The number of carbonyl (C=O) groups is 2. The Labute approximate surface area is 179 Å². The number of aromatic nitrogens is 2. The molecule has 0 spiro atoms. The van der Waals surface area contributed by atoms with Crippen molar-refractivity contribution in [3.63, 3.8) is 0 Å². The number of halogens is 1. The molecule has 0 aliphatic carbocycles. The number of benzene rings is 2. The Bertz CT molecular complexity index is 1190. The van der Waals surface area contributed by atoms with Crippen LogP contribution in [0.3, 0.4) is 0 Å². The van der Waals surface area contributed by atoms with Gasteiger partial charge >= 0.3 is 0 Å². The minimum absolute atomic E-state index is 0.0865. The second kappa shape index (κ2) is 9.34. The van der Waals surface area contributed by atoms with Gasteiger partial charge in [-0.05, 0) is 37.6 Å². The number of aryl methyl sites for hydroxylation is 1. The average Bonchev–Trinajstić information content (AvgIpc) is 2.73. The molecule has 2 amide bonds. The minimum atomic E-state index is -0.714. The highest BCUT2D eigenvalue weighted by Gasteiger charge is 2.18. The predicted molar refractivity (Wildman–Crippen MR) is 116 cm³/mol. The molecule has 0 unspecified atom stereocenters. The van der Waals surface area contributed by atoms with Crippen molar-refractivity contribution in [2.24, 2.45) is 0 Å². The van der Waals surface area contributed by atoms with E-state index >= 15 is 0 Å². The number of nitrogens with zero attached hydrogens (tertiary/aromatic N) is 3. The number of amides is 2. The van der Waals surface area contributed by atoms with Crippen LogP contribution in [-0.4, -0.2) is 33.0 Å². The van der Waals surface area contributed by atoms with Gasteiger partial charge in [0.05, 0.1) is 0 Å². The Morgan fingerprint density at radius 2 is 1.81 bits per heavy atom. The van der Waals surface area contributed by atoms with Gasteiger partial charge in [-0.15, -0.1) is 0 Å². The third-order valence-electron chi connectivity index (χ3n) is 4.86. The van der Waals surface area contributed by atoms with E-state index in [1.54, 1.807) is 48.2 Å². The fourth-order valence-electron chi connectivity index (χ4n) is 3.19. The van der Waals surface area contributed by atoms with Gasteiger partial charge in [0.1, 0.15) is 11.5 Å². The highest BCUT2D eigenvalue weighted by molar-refractivity contribution is 6.03. The number of para-hydroxylation sites is 2. The van der Waals surface area contributed by atoms with Gasteiger partial charge < -0.3 is 10.2 Å². The van der Waals surface area contributed by atoms with Gasteiger partial charge in [0.15, 0.2) is 5.69 Å². The standard InChI is InChI=1S/C23H23FN4O3/c1-4-27(16(3)29)14-17-9-5-7-11-19(17)25-23(31)22-21(30)13-15(2)28(26-22)20-12-8-6-10-18(20)24/h5-13H,4,14H2,1-3H3,(H,25,31). The lowest BCUT2D eigenvalue weighted by atomic mass is 10.1. The number of hydrogen-bond donors (Lipinski definition) is 1. The lowest BCUT2D eigenvalue weighted by Crippen LogP contribution is -2.29. The summed E-state index contributed by atoms with van der Waals surface area (Å²) < 4.78 is 15.5. The molecule has 1 N–H and O–H groups in total. The summed E-state index contributed by atoms with van der Waals surface area (Å²) in [5.74, 6) is -1.33. The Morgan fingerprint density at radius 1 is 1.13 bits per heavy atom. The van der Waals surface area contributed by atoms with Crippen molar-refractivity contribution in [3.05, 3.63) is 87.6 Å². The molecule has 2 aromatic carbocycles.